The highest BCUT2D eigenvalue weighted by atomic mass is 32.2. The number of carbonyl (C=O) groups is 2. The molecule has 3 aromatic carbocycles. The van der Waals surface area contributed by atoms with Crippen molar-refractivity contribution >= 4 is 46.2 Å². The smallest absolute Gasteiger partial charge is 0.266 e. The van der Waals surface area contributed by atoms with Crippen molar-refractivity contribution in [1.29, 1.82) is 0 Å². The third kappa shape index (κ3) is 4.87. The highest BCUT2D eigenvalue weighted by Gasteiger charge is 2.34. The maximum Gasteiger partial charge on any atom is 0.266 e. The van der Waals surface area contributed by atoms with Gasteiger partial charge < -0.3 is 0 Å². The van der Waals surface area contributed by atoms with Gasteiger partial charge in [-0.05, 0) is 48.9 Å². The zero-order chi connectivity index (χ0) is 25.2. The molecule has 1 unspecified atom stereocenters. The lowest BCUT2D eigenvalue weighted by Gasteiger charge is -2.24. The summed E-state index contributed by atoms with van der Waals surface area (Å²) < 4.78 is 14.8. The normalized spacial score (nSPS) is 15.4. The van der Waals surface area contributed by atoms with E-state index in [0.717, 1.165) is 17.3 Å². The molecule has 1 N–H and O–H groups in total. The molecule has 7 nitrogen and oxygen atoms in total. The molecular formula is C26H21FN4O3S2. The number of hydrogen-bond acceptors (Lipinski definition) is 6. The van der Waals surface area contributed by atoms with E-state index in [0.29, 0.717) is 27.3 Å². The number of aryl methyl sites for hydroxylation is 1. The highest BCUT2D eigenvalue weighted by Crippen LogP contribution is 2.37. The predicted molar refractivity (Wildman–Crippen MR) is 139 cm³/mol. The molecule has 1 atom stereocenters. The first kappa shape index (κ1) is 24.1. The average molecular weight is 521 g/mol. The number of hydrazine groups is 1. The van der Waals surface area contributed by atoms with Gasteiger partial charge in [-0.2, -0.15) is 0 Å². The lowest BCUT2D eigenvalue weighted by Crippen LogP contribution is -2.45. The highest BCUT2D eigenvalue weighted by molar-refractivity contribution is 8.00. The van der Waals surface area contributed by atoms with Crippen LogP contribution in [-0.4, -0.2) is 37.9 Å². The van der Waals surface area contributed by atoms with Gasteiger partial charge in [0.2, 0.25) is 5.91 Å². The van der Waals surface area contributed by atoms with Crippen LogP contribution in [0, 0.1) is 12.7 Å². The van der Waals surface area contributed by atoms with Crippen LogP contribution < -0.4 is 11.0 Å². The molecule has 36 heavy (non-hydrogen) atoms. The van der Waals surface area contributed by atoms with E-state index in [4.69, 9.17) is 0 Å². The standard InChI is InChI=1S/C26H21FN4O3S2/c1-16-6-12-19(13-7-16)30-24(34)20-4-2-3-5-21(20)28-26(30)36-14-22(32)29-31-23(33)15-35-25(31)17-8-10-18(27)11-9-17/h2-13,25H,14-15H2,1H3,(H,29,32). The van der Waals surface area contributed by atoms with Crippen LogP contribution in [-0.2, 0) is 9.59 Å². The number of amides is 2. The van der Waals surface area contributed by atoms with Crippen molar-refractivity contribution in [3.05, 3.63) is 100 Å². The second-order valence-electron chi connectivity index (χ2n) is 8.19. The molecule has 2 amide bonds. The molecule has 2 heterocycles. The van der Waals surface area contributed by atoms with Crippen LogP contribution in [0.15, 0.2) is 82.7 Å². The van der Waals surface area contributed by atoms with Crippen molar-refractivity contribution in [3.8, 4) is 5.69 Å². The van der Waals surface area contributed by atoms with Gasteiger partial charge in [0.1, 0.15) is 11.2 Å². The molecule has 1 aliphatic heterocycles. The quantitative estimate of drug-likeness (QED) is 0.303. The van der Waals surface area contributed by atoms with Crippen molar-refractivity contribution in [1.82, 2.24) is 20.0 Å². The summed E-state index contributed by atoms with van der Waals surface area (Å²) in [6, 6.07) is 20.4. The third-order valence-corrected chi connectivity index (χ3v) is 7.79. The first-order valence-electron chi connectivity index (χ1n) is 11.1. The van der Waals surface area contributed by atoms with Crippen LogP contribution in [0.5, 0.6) is 0 Å². The summed E-state index contributed by atoms with van der Waals surface area (Å²) in [7, 11) is 0. The fraction of sp³-hybridized carbons (Fsp3) is 0.154. The van der Waals surface area contributed by atoms with E-state index in [9.17, 15) is 18.8 Å². The molecule has 0 saturated carbocycles. The van der Waals surface area contributed by atoms with Gasteiger partial charge in [-0.15, -0.1) is 11.8 Å². The maximum atomic E-state index is 13.4. The first-order valence-corrected chi connectivity index (χ1v) is 13.1. The minimum Gasteiger partial charge on any atom is -0.272 e. The van der Waals surface area contributed by atoms with Crippen molar-refractivity contribution < 1.29 is 14.0 Å². The zero-order valence-corrected chi connectivity index (χ0v) is 20.8. The summed E-state index contributed by atoms with van der Waals surface area (Å²) in [5.74, 6) is -0.896. The number of aromatic nitrogens is 2. The third-order valence-electron chi connectivity index (χ3n) is 5.64. The average Bonchev–Trinajstić information content (AvgIpc) is 3.24. The second kappa shape index (κ2) is 10.2. The molecule has 4 aromatic rings. The summed E-state index contributed by atoms with van der Waals surface area (Å²) in [6.07, 6.45) is 0. The van der Waals surface area contributed by atoms with Crippen molar-refractivity contribution in [2.75, 3.05) is 11.5 Å². The van der Waals surface area contributed by atoms with Crippen LogP contribution in [0.1, 0.15) is 16.5 Å². The molecule has 0 aliphatic carbocycles. The number of nitrogens with one attached hydrogen (secondary N) is 1. The molecular weight excluding hydrogens is 499 g/mol. The monoisotopic (exact) mass is 520 g/mol. The molecule has 1 fully saturated rings. The molecule has 5 rings (SSSR count). The maximum absolute atomic E-state index is 13.4. The number of hydrogen-bond donors (Lipinski definition) is 1. The summed E-state index contributed by atoms with van der Waals surface area (Å²) >= 11 is 2.47. The van der Waals surface area contributed by atoms with Gasteiger partial charge in [0, 0.05) is 0 Å². The van der Waals surface area contributed by atoms with E-state index in [2.05, 4.69) is 10.4 Å². The SMILES string of the molecule is Cc1ccc(-n2c(SCC(=O)NN3C(=O)CSC3c3ccc(F)cc3)nc3ccccc3c2=O)cc1. The van der Waals surface area contributed by atoms with Gasteiger partial charge in [0.25, 0.3) is 11.5 Å². The van der Waals surface area contributed by atoms with Crippen LogP contribution in [0.4, 0.5) is 4.39 Å². The van der Waals surface area contributed by atoms with Crippen molar-refractivity contribution in [2.45, 2.75) is 17.5 Å². The van der Waals surface area contributed by atoms with E-state index < -0.39 is 11.3 Å². The minimum atomic E-state index is -0.448. The molecule has 1 saturated heterocycles. The number of nitrogens with zero attached hydrogens (tertiary/aromatic N) is 3. The van der Waals surface area contributed by atoms with Crippen LogP contribution in [0.25, 0.3) is 16.6 Å². The number of halogens is 1. The van der Waals surface area contributed by atoms with E-state index in [-0.39, 0.29) is 28.8 Å². The van der Waals surface area contributed by atoms with Gasteiger partial charge in [-0.3, -0.25) is 24.4 Å². The Morgan fingerprint density at radius 2 is 1.81 bits per heavy atom. The summed E-state index contributed by atoms with van der Waals surface area (Å²) in [5, 5.41) is 1.68. The van der Waals surface area contributed by atoms with Crippen LogP contribution >= 0.6 is 23.5 Å². The number of thioether (sulfide) groups is 2. The van der Waals surface area contributed by atoms with E-state index >= 15 is 0 Å². The lowest BCUT2D eigenvalue weighted by molar-refractivity contribution is -0.138. The van der Waals surface area contributed by atoms with Gasteiger partial charge >= 0.3 is 0 Å². The number of benzene rings is 3. The Morgan fingerprint density at radius 1 is 1.08 bits per heavy atom. The Kier molecular flexibility index (Phi) is 6.80. The largest absolute Gasteiger partial charge is 0.272 e. The molecule has 1 aromatic heterocycles. The van der Waals surface area contributed by atoms with E-state index in [1.54, 1.807) is 36.4 Å². The fourth-order valence-corrected chi connectivity index (χ4v) is 5.76. The van der Waals surface area contributed by atoms with E-state index in [1.807, 2.05) is 31.2 Å². The fourth-order valence-electron chi connectivity index (χ4n) is 3.85. The number of carbonyl (C=O) groups excluding carboxylic acids is 2. The number of fused-ring (bicyclic) bond motifs is 1. The summed E-state index contributed by atoms with van der Waals surface area (Å²) in [4.78, 5) is 43.3. The number of rotatable bonds is 6. The molecule has 0 radical (unpaired) electrons. The first-order chi connectivity index (χ1) is 17.4. The van der Waals surface area contributed by atoms with Gasteiger partial charge in [0.15, 0.2) is 5.16 Å². The Bertz CT molecular complexity index is 1510. The topological polar surface area (TPSA) is 84.3 Å². The Hall–Kier alpha value is -3.63. The van der Waals surface area contributed by atoms with Gasteiger partial charge in [-0.25, -0.2) is 14.4 Å². The van der Waals surface area contributed by atoms with Crippen molar-refractivity contribution in [3.63, 3.8) is 0 Å². The lowest BCUT2D eigenvalue weighted by atomic mass is 10.2. The zero-order valence-electron chi connectivity index (χ0n) is 19.2. The molecule has 0 bridgehead atoms. The molecule has 10 heteroatoms. The summed E-state index contributed by atoms with van der Waals surface area (Å²) in [5.41, 5.74) is 5.40. The second-order valence-corrected chi connectivity index (χ2v) is 10.2. The molecule has 182 valence electrons. The van der Waals surface area contributed by atoms with Crippen LogP contribution in [0.2, 0.25) is 0 Å². The molecule has 1 aliphatic rings. The predicted octanol–water partition coefficient (Wildman–Crippen LogP) is 4.23. The van der Waals surface area contributed by atoms with Gasteiger partial charge in [-0.1, -0.05) is 53.7 Å². The Morgan fingerprint density at radius 3 is 2.56 bits per heavy atom. The van der Waals surface area contributed by atoms with Crippen molar-refractivity contribution in [2.24, 2.45) is 0 Å². The van der Waals surface area contributed by atoms with Crippen LogP contribution in [0.3, 0.4) is 0 Å². The van der Waals surface area contributed by atoms with E-state index in [1.165, 1.54) is 33.5 Å². The number of para-hydroxylation sites is 1. The van der Waals surface area contributed by atoms with Gasteiger partial charge in [0.05, 0.1) is 28.1 Å². The minimum absolute atomic E-state index is 0.0682. The Balaban J connectivity index is 1.39. The Labute approximate surface area is 214 Å². The molecule has 0 spiro atoms. The summed E-state index contributed by atoms with van der Waals surface area (Å²) in [6.45, 7) is 1.96.